The number of nitrogens with one attached hydrogen (secondary N) is 1. The largest absolute Gasteiger partial charge is 0.480 e. The van der Waals surface area contributed by atoms with Crippen molar-refractivity contribution in [3.05, 3.63) is 39.9 Å². The molecule has 0 spiro atoms. The summed E-state index contributed by atoms with van der Waals surface area (Å²) in [7, 11) is 0. The van der Waals surface area contributed by atoms with Gasteiger partial charge < -0.3 is 10.4 Å². The van der Waals surface area contributed by atoms with Crippen molar-refractivity contribution in [3.63, 3.8) is 0 Å². The zero-order valence-corrected chi connectivity index (χ0v) is 9.62. The molecular weight excluding hydrogens is 240 g/mol. The van der Waals surface area contributed by atoms with Crippen LogP contribution >= 0.6 is 0 Å². The third kappa shape index (κ3) is 3.27. The van der Waals surface area contributed by atoms with E-state index in [1.807, 2.05) is 0 Å². The number of nitro groups is 1. The number of non-ortho nitro benzene ring substituents is 1. The molecule has 7 heteroatoms. The molecule has 7 nitrogen and oxygen atoms in total. The fourth-order valence-corrected chi connectivity index (χ4v) is 1.34. The minimum Gasteiger partial charge on any atom is -0.480 e. The molecular formula is C11H12N2O5. The van der Waals surface area contributed by atoms with E-state index in [0.29, 0.717) is 0 Å². The fourth-order valence-electron chi connectivity index (χ4n) is 1.34. The summed E-state index contributed by atoms with van der Waals surface area (Å²) in [5.74, 6) is -1.79. The number of hydrogen-bond donors (Lipinski definition) is 2. The minimum absolute atomic E-state index is 0.0592. The lowest BCUT2D eigenvalue weighted by Crippen LogP contribution is -2.40. The lowest BCUT2D eigenvalue weighted by Gasteiger charge is -2.11. The molecule has 1 rings (SSSR count). The molecule has 0 aliphatic heterocycles. The second-order valence-electron chi connectivity index (χ2n) is 3.58. The van der Waals surface area contributed by atoms with Gasteiger partial charge in [0.1, 0.15) is 6.04 Å². The maximum atomic E-state index is 11.7. The Morgan fingerprint density at radius 2 is 2.17 bits per heavy atom. The molecule has 0 heterocycles. The number of carbonyl (C=O) groups excluding carboxylic acids is 1. The number of carbonyl (C=O) groups is 2. The molecule has 0 bridgehead atoms. The van der Waals surface area contributed by atoms with Gasteiger partial charge in [-0.1, -0.05) is 13.0 Å². The van der Waals surface area contributed by atoms with Crippen molar-refractivity contribution in [2.75, 3.05) is 0 Å². The minimum atomic E-state index is -1.14. The highest BCUT2D eigenvalue weighted by Gasteiger charge is 2.19. The van der Waals surface area contributed by atoms with Gasteiger partial charge in [-0.2, -0.15) is 0 Å². The molecule has 1 atom stereocenters. The Balaban J connectivity index is 2.87. The van der Waals surface area contributed by atoms with Gasteiger partial charge in [-0.25, -0.2) is 4.79 Å². The quantitative estimate of drug-likeness (QED) is 0.604. The summed E-state index contributed by atoms with van der Waals surface area (Å²) in [6.07, 6.45) is 0.232. The van der Waals surface area contributed by atoms with Gasteiger partial charge in [0, 0.05) is 17.7 Å². The van der Waals surface area contributed by atoms with Crippen LogP contribution in [0.25, 0.3) is 0 Å². The zero-order chi connectivity index (χ0) is 13.7. The maximum Gasteiger partial charge on any atom is 0.326 e. The van der Waals surface area contributed by atoms with E-state index in [1.54, 1.807) is 6.92 Å². The van der Waals surface area contributed by atoms with Crippen LogP contribution in [0, 0.1) is 10.1 Å². The average molecular weight is 252 g/mol. The summed E-state index contributed by atoms with van der Waals surface area (Å²) in [5.41, 5.74) is -0.157. The molecule has 0 fully saturated rings. The van der Waals surface area contributed by atoms with Crippen LogP contribution in [0.4, 0.5) is 5.69 Å². The molecule has 0 unspecified atom stereocenters. The van der Waals surface area contributed by atoms with Crippen molar-refractivity contribution in [2.45, 2.75) is 19.4 Å². The SMILES string of the molecule is CC[C@@H](NC(=O)c1cccc([N+](=O)[O-])c1)C(=O)O. The summed E-state index contributed by atoms with van der Waals surface area (Å²) < 4.78 is 0. The van der Waals surface area contributed by atoms with Crippen LogP contribution in [0.15, 0.2) is 24.3 Å². The van der Waals surface area contributed by atoms with Crippen molar-refractivity contribution in [2.24, 2.45) is 0 Å². The first-order valence-corrected chi connectivity index (χ1v) is 5.23. The number of benzene rings is 1. The van der Waals surface area contributed by atoms with Crippen LogP contribution in [0.2, 0.25) is 0 Å². The van der Waals surface area contributed by atoms with E-state index in [-0.39, 0.29) is 17.7 Å². The number of aliphatic carboxylic acids is 1. The highest BCUT2D eigenvalue weighted by molar-refractivity contribution is 5.97. The normalized spacial score (nSPS) is 11.6. The number of hydrogen-bond acceptors (Lipinski definition) is 4. The molecule has 2 N–H and O–H groups in total. The Bertz CT molecular complexity index is 486. The van der Waals surface area contributed by atoms with Gasteiger partial charge in [0.25, 0.3) is 11.6 Å². The van der Waals surface area contributed by atoms with Crippen LogP contribution in [-0.4, -0.2) is 27.9 Å². The number of carboxylic acids is 1. The number of nitro benzene ring substituents is 1. The smallest absolute Gasteiger partial charge is 0.326 e. The van der Waals surface area contributed by atoms with Gasteiger partial charge in [0.15, 0.2) is 0 Å². The highest BCUT2D eigenvalue weighted by atomic mass is 16.6. The lowest BCUT2D eigenvalue weighted by molar-refractivity contribution is -0.384. The summed E-state index contributed by atoms with van der Waals surface area (Å²) in [5, 5.41) is 21.6. The third-order valence-corrected chi connectivity index (χ3v) is 2.33. The van der Waals surface area contributed by atoms with Crippen LogP contribution < -0.4 is 5.32 Å². The summed E-state index contributed by atoms with van der Waals surface area (Å²) >= 11 is 0. The third-order valence-electron chi connectivity index (χ3n) is 2.33. The summed E-state index contributed by atoms with van der Waals surface area (Å²) in [6.45, 7) is 1.62. The van der Waals surface area contributed by atoms with E-state index in [9.17, 15) is 19.7 Å². The molecule has 0 saturated carbocycles. The summed E-state index contributed by atoms with van der Waals surface area (Å²) in [6, 6.07) is 4.11. The first-order chi connectivity index (χ1) is 8.45. The van der Waals surface area contributed by atoms with Crippen molar-refractivity contribution < 1.29 is 19.6 Å². The molecule has 0 aliphatic carbocycles. The van der Waals surface area contributed by atoms with E-state index in [4.69, 9.17) is 5.11 Å². The van der Waals surface area contributed by atoms with E-state index >= 15 is 0 Å². The lowest BCUT2D eigenvalue weighted by atomic mass is 10.1. The summed E-state index contributed by atoms with van der Waals surface area (Å²) in [4.78, 5) is 32.4. The van der Waals surface area contributed by atoms with Crippen LogP contribution in [0.3, 0.4) is 0 Å². The van der Waals surface area contributed by atoms with Crippen LogP contribution in [-0.2, 0) is 4.79 Å². The standard InChI is InChI=1S/C11H12N2O5/c1-2-9(11(15)16)12-10(14)7-4-3-5-8(6-7)13(17)18/h3-6,9H,2H2,1H3,(H,12,14)(H,15,16)/t9-/m1/s1. The first-order valence-electron chi connectivity index (χ1n) is 5.23. The Kier molecular flexibility index (Phi) is 4.36. The average Bonchev–Trinajstić information content (AvgIpc) is 2.35. The van der Waals surface area contributed by atoms with Gasteiger partial charge in [0.2, 0.25) is 0 Å². The Morgan fingerprint density at radius 3 is 2.67 bits per heavy atom. The van der Waals surface area contributed by atoms with Gasteiger partial charge >= 0.3 is 5.97 Å². The molecule has 96 valence electrons. The van der Waals surface area contributed by atoms with Crippen LogP contribution in [0.1, 0.15) is 23.7 Å². The topological polar surface area (TPSA) is 110 Å². The van der Waals surface area contributed by atoms with E-state index in [2.05, 4.69) is 5.32 Å². The molecule has 18 heavy (non-hydrogen) atoms. The van der Waals surface area contributed by atoms with Crippen molar-refractivity contribution in [1.82, 2.24) is 5.32 Å². The molecule has 0 aromatic heterocycles. The van der Waals surface area contributed by atoms with Crippen molar-refractivity contribution >= 4 is 17.6 Å². The van der Waals surface area contributed by atoms with Gasteiger partial charge in [0.05, 0.1) is 4.92 Å². The fraction of sp³-hybridized carbons (Fsp3) is 0.273. The van der Waals surface area contributed by atoms with Gasteiger partial charge in [-0.3, -0.25) is 14.9 Å². The predicted octanol–water partition coefficient (Wildman–Crippen LogP) is 1.19. The second kappa shape index (κ2) is 5.76. The van der Waals surface area contributed by atoms with E-state index in [1.165, 1.54) is 18.2 Å². The molecule has 1 amide bonds. The molecule has 0 radical (unpaired) electrons. The predicted molar refractivity (Wildman–Crippen MR) is 62.3 cm³/mol. The number of nitrogens with zero attached hydrogens (tertiary/aromatic N) is 1. The van der Waals surface area contributed by atoms with Gasteiger partial charge in [-0.05, 0) is 12.5 Å². The van der Waals surface area contributed by atoms with Crippen molar-refractivity contribution in [3.8, 4) is 0 Å². The highest BCUT2D eigenvalue weighted by Crippen LogP contribution is 2.13. The Hall–Kier alpha value is -2.44. The van der Waals surface area contributed by atoms with Gasteiger partial charge in [-0.15, -0.1) is 0 Å². The maximum absolute atomic E-state index is 11.7. The van der Waals surface area contributed by atoms with Crippen molar-refractivity contribution in [1.29, 1.82) is 0 Å². The molecule has 1 aromatic rings. The number of rotatable bonds is 5. The van der Waals surface area contributed by atoms with E-state index < -0.39 is 22.8 Å². The molecule has 1 aromatic carbocycles. The first kappa shape index (κ1) is 13.6. The monoisotopic (exact) mass is 252 g/mol. The Labute approximate surface area is 103 Å². The number of carboxylic acid groups (broad SMARTS) is 1. The Morgan fingerprint density at radius 1 is 1.50 bits per heavy atom. The van der Waals surface area contributed by atoms with E-state index in [0.717, 1.165) is 6.07 Å². The molecule has 0 aliphatic rings. The second-order valence-corrected chi connectivity index (χ2v) is 3.58. The number of amides is 1. The zero-order valence-electron chi connectivity index (χ0n) is 9.62. The molecule has 0 saturated heterocycles. The van der Waals surface area contributed by atoms with Crippen LogP contribution in [0.5, 0.6) is 0 Å².